The first-order chi connectivity index (χ1) is 12.5. The minimum atomic E-state index is -0.0905. The maximum atomic E-state index is 13.0. The van der Waals surface area contributed by atoms with Crippen molar-refractivity contribution in [2.45, 2.75) is 45.4 Å². The average molecular weight is 356 g/mol. The fraction of sp³-hybridized carbons (Fsp3) is 0.619. The second kappa shape index (κ2) is 6.60. The second-order valence-corrected chi connectivity index (χ2v) is 8.57. The number of nitrogens with zero attached hydrogens (tertiary/aromatic N) is 2. The molecule has 1 aliphatic carbocycles. The molecule has 0 unspecified atom stereocenters. The van der Waals surface area contributed by atoms with E-state index in [2.05, 4.69) is 4.90 Å². The average Bonchev–Trinajstić information content (AvgIpc) is 3.42. The van der Waals surface area contributed by atoms with Crippen molar-refractivity contribution in [3.8, 4) is 5.75 Å². The minimum absolute atomic E-state index is 0.0248. The van der Waals surface area contributed by atoms with Crippen LogP contribution >= 0.6 is 0 Å². The summed E-state index contributed by atoms with van der Waals surface area (Å²) in [5, 5.41) is 10.2. The highest BCUT2D eigenvalue weighted by atomic mass is 16.3. The largest absolute Gasteiger partial charge is 0.507 e. The number of aryl methyl sites for hydroxylation is 1. The van der Waals surface area contributed by atoms with E-state index in [-0.39, 0.29) is 23.0 Å². The molecule has 1 saturated carbocycles. The van der Waals surface area contributed by atoms with E-state index in [9.17, 15) is 14.7 Å². The van der Waals surface area contributed by atoms with E-state index < -0.39 is 0 Å². The Morgan fingerprint density at radius 2 is 2.08 bits per heavy atom. The number of hydrogen-bond donors (Lipinski definition) is 1. The van der Waals surface area contributed by atoms with E-state index in [4.69, 9.17) is 0 Å². The lowest BCUT2D eigenvalue weighted by Crippen LogP contribution is -2.55. The SMILES string of the molecule is Cc1ccc(C(=O)N2CCC[C@@]3(CCC(=O)N(CC4CC4)C3)C2)c(O)c1. The molecule has 4 rings (SSSR count). The van der Waals surface area contributed by atoms with Crippen LogP contribution in [0.3, 0.4) is 0 Å². The third kappa shape index (κ3) is 3.44. The topological polar surface area (TPSA) is 60.9 Å². The number of phenols is 1. The second-order valence-electron chi connectivity index (χ2n) is 8.57. The van der Waals surface area contributed by atoms with Gasteiger partial charge in [-0.15, -0.1) is 0 Å². The van der Waals surface area contributed by atoms with Crippen molar-refractivity contribution in [1.29, 1.82) is 0 Å². The zero-order chi connectivity index (χ0) is 18.3. The van der Waals surface area contributed by atoms with Crippen molar-refractivity contribution in [2.24, 2.45) is 11.3 Å². The summed E-state index contributed by atoms with van der Waals surface area (Å²) in [5.74, 6) is 0.943. The monoisotopic (exact) mass is 356 g/mol. The first-order valence-electron chi connectivity index (χ1n) is 9.82. The van der Waals surface area contributed by atoms with Crippen LogP contribution in [0.5, 0.6) is 5.75 Å². The summed E-state index contributed by atoms with van der Waals surface area (Å²) in [6, 6.07) is 5.23. The lowest BCUT2D eigenvalue weighted by molar-refractivity contribution is -0.139. The van der Waals surface area contributed by atoms with Gasteiger partial charge in [0.15, 0.2) is 0 Å². The number of phenolic OH excluding ortho intramolecular Hbond substituents is 1. The fourth-order valence-electron chi connectivity index (χ4n) is 4.59. The normalized spacial score (nSPS) is 26.4. The highest BCUT2D eigenvalue weighted by Crippen LogP contribution is 2.41. The Morgan fingerprint density at radius 3 is 2.81 bits per heavy atom. The van der Waals surface area contributed by atoms with Gasteiger partial charge in [0.2, 0.25) is 5.91 Å². The number of aromatic hydroxyl groups is 1. The van der Waals surface area contributed by atoms with Gasteiger partial charge in [0.05, 0.1) is 5.56 Å². The Labute approximate surface area is 155 Å². The highest BCUT2D eigenvalue weighted by molar-refractivity contribution is 5.97. The Morgan fingerprint density at radius 1 is 1.27 bits per heavy atom. The zero-order valence-corrected chi connectivity index (χ0v) is 15.5. The molecule has 2 amide bonds. The molecule has 3 aliphatic rings. The third-order valence-electron chi connectivity index (χ3n) is 6.26. The van der Waals surface area contributed by atoms with Crippen LogP contribution in [0.2, 0.25) is 0 Å². The summed E-state index contributed by atoms with van der Waals surface area (Å²) >= 11 is 0. The first kappa shape index (κ1) is 17.4. The zero-order valence-electron chi connectivity index (χ0n) is 15.5. The highest BCUT2D eigenvalue weighted by Gasteiger charge is 2.44. The molecule has 2 heterocycles. The summed E-state index contributed by atoms with van der Waals surface area (Å²) in [6.07, 6.45) is 6.00. The molecule has 1 N–H and O–H groups in total. The summed E-state index contributed by atoms with van der Waals surface area (Å²) in [5.41, 5.74) is 1.35. The van der Waals surface area contributed by atoms with Crippen LogP contribution in [0.25, 0.3) is 0 Å². The molecule has 3 fully saturated rings. The van der Waals surface area contributed by atoms with Crippen molar-refractivity contribution in [3.63, 3.8) is 0 Å². The molecule has 2 aliphatic heterocycles. The van der Waals surface area contributed by atoms with Gasteiger partial charge in [-0.05, 0) is 62.6 Å². The van der Waals surface area contributed by atoms with Crippen LogP contribution in [-0.4, -0.2) is 52.9 Å². The number of hydrogen-bond acceptors (Lipinski definition) is 3. The lowest BCUT2D eigenvalue weighted by Gasteiger charge is -2.48. The maximum Gasteiger partial charge on any atom is 0.257 e. The van der Waals surface area contributed by atoms with Gasteiger partial charge in [0.1, 0.15) is 5.75 Å². The Hall–Kier alpha value is -2.04. The molecule has 0 bridgehead atoms. The molecule has 5 heteroatoms. The Kier molecular flexibility index (Phi) is 4.41. The molecule has 26 heavy (non-hydrogen) atoms. The number of carbonyl (C=O) groups is 2. The number of carbonyl (C=O) groups excluding carboxylic acids is 2. The van der Waals surface area contributed by atoms with Crippen molar-refractivity contribution >= 4 is 11.8 Å². The molecular formula is C21H28N2O3. The van der Waals surface area contributed by atoms with Crippen LogP contribution in [0.1, 0.15) is 54.4 Å². The van der Waals surface area contributed by atoms with E-state index in [0.717, 1.165) is 44.5 Å². The van der Waals surface area contributed by atoms with Gasteiger partial charge in [0.25, 0.3) is 5.91 Å². The smallest absolute Gasteiger partial charge is 0.257 e. The van der Waals surface area contributed by atoms with Crippen molar-refractivity contribution in [2.75, 3.05) is 26.2 Å². The summed E-state index contributed by atoms with van der Waals surface area (Å²) in [4.78, 5) is 29.2. The summed E-state index contributed by atoms with van der Waals surface area (Å²) in [6.45, 7) is 4.99. The van der Waals surface area contributed by atoms with E-state index >= 15 is 0 Å². The van der Waals surface area contributed by atoms with Gasteiger partial charge < -0.3 is 14.9 Å². The number of rotatable bonds is 3. The standard InChI is InChI=1S/C21H28N2O3/c1-15-3-6-17(18(24)11-15)20(26)22-10-2-8-21(13-22)9-7-19(25)23(14-21)12-16-4-5-16/h3,6,11,16,24H,2,4-5,7-10,12-14H2,1H3/t21-/m1/s1. The number of likely N-dealkylation sites (tertiary alicyclic amines) is 2. The van der Waals surface area contributed by atoms with Gasteiger partial charge in [-0.1, -0.05) is 6.07 Å². The predicted octanol–water partition coefficient (Wildman–Crippen LogP) is 2.96. The molecule has 1 atom stereocenters. The van der Waals surface area contributed by atoms with Crippen molar-refractivity contribution < 1.29 is 14.7 Å². The van der Waals surface area contributed by atoms with Crippen LogP contribution in [0, 0.1) is 18.3 Å². The Bertz CT molecular complexity index is 728. The van der Waals surface area contributed by atoms with Crippen molar-refractivity contribution in [1.82, 2.24) is 9.80 Å². The number of benzene rings is 1. The lowest BCUT2D eigenvalue weighted by atomic mass is 9.73. The van der Waals surface area contributed by atoms with Crippen LogP contribution in [0.15, 0.2) is 18.2 Å². The molecular weight excluding hydrogens is 328 g/mol. The summed E-state index contributed by atoms with van der Waals surface area (Å²) in [7, 11) is 0. The molecule has 140 valence electrons. The van der Waals surface area contributed by atoms with E-state index in [1.165, 1.54) is 12.8 Å². The quantitative estimate of drug-likeness (QED) is 0.906. The number of amides is 2. The van der Waals surface area contributed by atoms with Crippen LogP contribution in [0.4, 0.5) is 0 Å². The molecule has 1 aromatic rings. The van der Waals surface area contributed by atoms with Gasteiger partial charge >= 0.3 is 0 Å². The predicted molar refractivity (Wildman–Crippen MR) is 99.0 cm³/mol. The van der Waals surface area contributed by atoms with Gasteiger partial charge in [-0.2, -0.15) is 0 Å². The molecule has 1 spiro atoms. The van der Waals surface area contributed by atoms with Crippen LogP contribution < -0.4 is 0 Å². The van der Waals surface area contributed by atoms with E-state index in [0.29, 0.717) is 24.4 Å². The summed E-state index contributed by atoms with van der Waals surface area (Å²) < 4.78 is 0. The maximum absolute atomic E-state index is 13.0. The molecule has 1 aromatic carbocycles. The Balaban J connectivity index is 1.49. The molecule has 0 aromatic heterocycles. The van der Waals surface area contributed by atoms with E-state index in [1.54, 1.807) is 12.1 Å². The van der Waals surface area contributed by atoms with Gasteiger partial charge in [0, 0.05) is 38.0 Å². The first-order valence-corrected chi connectivity index (χ1v) is 9.82. The molecule has 0 radical (unpaired) electrons. The van der Waals surface area contributed by atoms with Gasteiger partial charge in [-0.3, -0.25) is 9.59 Å². The molecule has 2 saturated heterocycles. The number of piperidine rings is 2. The minimum Gasteiger partial charge on any atom is -0.507 e. The molecule has 5 nitrogen and oxygen atoms in total. The van der Waals surface area contributed by atoms with Crippen LogP contribution in [-0.2, 0) is 4.79 Å². The third-order valence-corrected chi connectivity index (χ3v) is 6.26. The fourth-order valence-corrected chi connectivity index (χ4v) is 4.59. The van der Waals surface area contributed by atoms with E-state index in [1.807, 2.05) is 17.9 Å². The van der Waals surface area contributed by atoms with Gasteiger partial charge in [-0.25, -0.2) is 0 Å². The van der Waals surface area contributed by atoms with Crippen molar-refractivity contribution in [3.05, 3.63) is 29.3 Å².